The van der Waals surface area contributed by atoms with E-state index in [-0.39, 0.29) is 6.54 Å². The number of halogens is 1. The smallest absolute Gasteiger partial charge is 0.324 e. The van der Waals surface area contributed by atoms with Crippen LogP contribution >= 0.6 is 15.9 Å². The summed E-state index contributed by atoms with van der Waals surface area (Å²) in [5.74, 6) is -0.822. The Bertz CT molecular complexity index is 628. The summed E-state index contributed by atoms with van der Waals surface area (Å²) in [4.78, 5) is 36.6. The molecule has 21 heavy (non-hydrogen) atoms. The number of hydrogen-bond acceptors (Lipinski definition) is 3. The van der Waals surface area contributed by atoms with Gasteiger partial charge in [-0.2, -0.15) is 0 Å². The number of imide groups is 1. The third-order valence-corrected chi connectivity index (χ3v) is 3.70. The Morgan fingerprint density at radius 2 is 2.05 bits per heavy atom. The molecule has 1 fully saturated rings. The quantitative estimate of drug-likeness (QED) is 0.816. The van der Waals surface area contributed by atoms with Crippen LogP contribution in [-0.2, 0) is 9.59 Å². The number of nitrogens with one attached hydrogen (secondary N) is 2. The second-order valence-electron chi connectivity index (χ2n) is 5.45. The lowest BCUT2D eigenvalue weighted by atomic mass is 10.1. The van der Waals surface area contributed by atoms with Crippen LogP contribution in [0.3, 0.4) is 0 Å². The van der Waals surface area contributed by atoms with Gasteiger partial charge < -0.3 is 10.6 Å². The Balaban J connectivity index is 2.06. The summed E-state index contributed by atoms with van der Waals surface area (Å²) < 4.78 is 0.911. The number of benzene rings is 1. The number of amides is 4. The van der Waals surface area contributed by atoms with E-state index in [4.69, 9.17) is 0 Å². The lowest BCUT2D eigenvalue weighted by Gasteiger charge is -2.16. The van der Waals surface area contributed by atoms with Crippen molar-refractivity contribution in [1.29, 1.82) is 0 Å². The van der Waals surface area contributed by atoms with Gasteiger partial charge in [0.15, 0.2) is 0 Å². The highest BCUT2D eigenvalue weighted by atomic mass is 79.9. The van der Waals surface area contributed by atoms with Crippen molar-refractivity contribution in [2.75, 3.05) is 11.9 Å². The van der Waals surface area contributed by atoms with Crippen molar-refractivity contribution in [1.82, 2.24) is 10.2 Å². The number of hydrogen-bond donors (Lipinski definition) is 2. The number of aryl methyl sites for hydroxylation is 1. The molecule has 7 heteroatoms. The summed E-state index contributed by atoms with van der Waals surface area (Å²) in [6.45, 7) is 4.76. The fourth-order valence-corrected chi connectivity index (χ4v) is 2.54. The average Bonchev–Trinajstić information content (AvgIpc) is 2.55. The highest BCUT2D eigenvalue weighted by molar-refractivity contribution is 9.10. The molecule has 6 nitrogen and oxygen atoms in total. The van der Waals surface area contributed by atoms with Crippen molar-refractivity contribution in [3.8, 4) is 0 Å². The third-order valence-electron chi connectivity index (χ3n) is 3.21. The number of carbonyl (C=O) groups is 3. The van der Waals surface area contributed by atoms with E-state index in [0.717, 1.165) is 14.9 Å². The molecule has 0 unspecified atom stereocenters. The van der Waals surface area contributed by atoms with Crippen molar-refractivity contribution in [3.05, 3.63) is 28.2 Å². The predicted molar refractivity (Wildman–Crippen MR) is 81.8 cm³/mol. The summed E-state index contributed by atoms with van der Waals surface area (Å²) in [6.07, 6.45) is 0. The largest absolute Gasteiger partial charge is 0.325 e. The van der Waals surface area contributed by atoms with Crippen LogP contribution in [0.5, 0.6) is 0 Å². The van der Waals surface area contributed by atoms with Crippen molar-refractivity contribution in [2.45, 2.75) is 26.3 Å². The number of rotatable bonds is 3. The molecule has 112 valence electrons. The summed E-state index contributed by atoms with van der Waals surface area (Å²) in [5.41, 5.74) is 0.565. The van der Waals surface area contributed by atoms with E-state index >= 15 is 0 Å². The van der Waals surface area contributed by atoms with Gasteiger partial charge in [0, 0.05) is 10.2 Å². The van der Waals surface area contributed by atoms with E-state index in [0.29, 0.717) is 5.69 Å². The van der Waals surface area contributed by atoms with Crippen molar-refractivity contribution in [3.63, 3.8) is 0 Å². The maximum absolute atomic E-state index is 12.0. The van der Waals surface area contributed by atoms with Gasteiger partial charge in [0.05, 0.1) is 0 Å². The molecule has 0 bridgehead atoms. The zero-order valence-corrected chi connectivity index (χ0v) is 13.6. The molecule has 1 saturated heterocycles. The molecule has 1 aliphatic rings. The van der Waals surface area contributed by atoms with Crippen LogP contribution < -0.4 is 10.6 Å². The van der Waals surface area contributed by atoms with E-state index < -0.39 is 23.4 Å². The first-order valence-electron chi connectivity index (χ1n) is 6.41. The van der Waals surface area contributed by atoms with Crippen LogP contribution in [0.2, 0.25) is 0 Å². The maximum Gasteiger partial charge on any atom is 0.325 e. The van der Waals surface area contributed by atoms with Crippen LogP contribution in [0.15, 0.2) is 22.7 Å². The van der Waals surface area contributed by atoms with Gasteiger partial charge in [-0.05, 0) is 44.5 Å². The minimum absolute atomic E-state index is 0.302. The minimum atomic E-state index is -0.967. The van der Waals surface area contributed by atoms with Crippen molar-refractivity contribution >= 4 is 39.5 Å². The molecule has 2 N–H and O–H groups in total. The topological polar surface area (TPSA) is 78.5 Å². The molecular formula is C14H16BrN3O3. The molecule has 4 amide bonds. The second kappa shape index (κ2) is 5.48. The van der Waals surface area contributed by atoms with Gasteiger partial charge in [0.1, 0.15) is 12.1 Å². The van der Waals surface area contributed by atoms with Gasteiger partial charge in [-0.1, -0.05) is 15.9 Å². The molecule has 0 aliphatic carbocycles. The van der Waals surface area contributed by atoms with E-state index in [1.165, 1.54) is 0 Å². The molecule has 0 radical (unpaired) electrons. The summed E-state index contributed by atoms with van der Waals surface area (Å²) >= 11 is 3.34. The summed E-state index contributed by atoms with van der Waals surface area (Å²) in [6, 6.07) is 4.88. The monoisotopic (exact) mass is 353 g/mol. The normalized spacial score (nSPS) is 16.9. The van der Waals surface area contributed by atoms with E-state index in [1.54, 1.807) is 26.0 Å². The van der Waals surface area contributed by atoms with Crippen LogP contribution in [0.25, 0.3) is 0 Å². The molecular weight excluding hydrogens is 338 g/mol. The van der Waals surface area contributed by atoms with Gasteiger partial charge in [-0.3, -0.25) is 14.5 Å². The predicted octanol–water partition coefficient (Wildman–Crippen LogP) is 2.03. The third kappa shape index (κ3) is 3.24. The van der Waals surface area contributed by atoms with E-state index in [2.05, 4.69) is 26.6 Å². The van der Waals surface area contributed by atoms with Crippen molar-refractivity contribution < 1.29 is 14.4 Å². The fourth-order valence-electron chi connectivity index (χ4n) is 2.06. The number of anilines is 1. The molecule has 0 aromatic heterocycles. The van der Waals surface area contributed by atoms with Gasteiger partial charge >= 0.3 is 6.03 Å². The minimum Gasteiger partial charge on any atom is -0.324 e. The Morgan fingerprint density at radius 3 is 2.57 bits per heavy atom. The second-order valence-corrected chi connectivity index (χ2v) is 6.37. The van der Waals surface area contributed by atoms with Crippen LogP contribution in [0, 0.1) is 6.92 Å². The molecule has 1 aromatic rings. The highest BCUT2D eigenvalue weighted by Gasteiger charge is 2.44. The van der Waals surface area contributed by atoms with Gasteiger partial charge in [0.2, 0.25) is 5.91 Å². The van der Waals surface area contributed by atoms with E-state index in [9.17, 15) is 14.4 Å². The first kappa shape index (κ1) is 15.5. The zero-order valence-electron chi connectivity index (χ0n) is 12.0. The number of urea groups is 1. The average molecular weight is 354 g/mol. The summed E-state index contributed by atoms with van der Waals surface area (Å²) in [5, 5.41) is 5.23. The molecule has 2 rings (SSSR count). The Hall–Kier alpha value is -1.89. The lowest BCUT2D eigenvalue weighted by molar-refractivity contribution is -0.132. The molecule has 0 saturated carbocycles. The van der Waals surface area contributed by atoms with E-state index in [1.807, 2.05) is 13.0 Å². The summed E-state index contributed by atoms with van der Waals surface area (Å²) in [7, 11) is 0. The first-order chi connectivity index (χ1) is 9.70. The highest BCUT2D eigenvalue weighted by Crippen LogP contribution is 2.20. The molecule has 1 aliphatic heterocycles. The molecule has 1 aromatic carbocycles. The van der Waals surface area contributed by atoms with Gasteiger partial charge in [0.25, 0.3) is 5.91 Å². The maximum atomic E-state index is 12.0. The molecule has 1 heterocycles. The van der Waals surface area contributed by atoms with Crippen LogP contribution in [-0.4, -0.2) is 34.8 Å². The number of carbonyl (C=O) groups excluding carboxylic acids is 3. The Kier molecular flexibility index (Phi) is 4.04. The zero-order chi connectivity index (χ0) is 15.8. The first-order valence-corrected chi connectivity index (χ1v) is 7.20. The lowest BCUT2D eigenvalue weighted by Crippen LogP contribution is -2.41. The van der Waals surface area contributed by atoms with Gasteiger partial charge in [-0.25, -0.2) is 4.79 Å². The van der Waals surface area contributed by atoms with Crippen LogP contribution in [0.4, 0.5) is 10.5 Å². The standard InChI is InChI=1S/C14H16BrN3O3/c1-8-6-9(15)4-5-10(8)16-11(19)7-18-12(20)14(2,3)17-13(18)21/h4-6H,7H2,1-3H3,(H,16,19)(H,17,21). The molecule has 0 spiro atoms. The fraction of sp³-hybridized carbons (Fsp3) is 0.357. The van der Waals surface area contributed by atoms with Gasteiger partial charge in [-0.15, -0.1) is 0 Å². The van der Waals surface area contributed by atoms with Crippen LogP contribution in [0.1, 0.15) is 19.4 Å². The Morgan fingerprint density at radius 1 is 1.38 bits per heavy atom. The Labute approximate surface area is 131 Å². The SMILES string of the molecule is Cc1cc(Br)ccc1NC(=O)CN1C(=O)NC(C)(C)C1=O. The number of nitrogens with zero attached hydrogens (tertiary/aromatic N) is 1. The molecule has 0 atom stereocenters. The van der Waals surface area contributed by atoms with Crippen molar-refractivity contribution in [2.24, 2.45) is 0 Å².